The molecule has 0 atom stereocenters. The van der Waals surface area contributed by atoms with Gasteiger partial charge in [-0.15, -0.1) is 0 Å². The predicted octanol–water partition coefficient (Wildman–Crippen LogP) is 3.15. The molecule has 8 heteroatoms. The Morgan fingerprint density at radius 3 is 2.82 bits per heavy atom. The molecule has 139 valence electrons. The smallest absolute Gasteiger partial charge is 0.248 e. The van der Waals surface area contributed by atoms with Crippen molar-refractivity contribution in [1.82, 2.24) is 19.9 Å². The molecule has 0 fully saturated rings. The molecule has 2 heterocycles. The molecule has 0 aliphatic carbocycles. The Morgan fingerprint density at radius 2 is 2.00 bits per heavy atom. The zero-order valence-electron chi connectivity index (χ0n) is 14.7. The standard InChI is InChI=1S/C20H16ClN6O/c21-18-17(12-5-7-14-15(9-12)24-10-25-19(14)22)26-16(27-18)8-6-11-3-1-2-4-13(11)20(23)28/h1-5,7-10H,6H2,(H2,23,28)(H,26,27)(H2,22,24,25). The zero-order chi connectivity index (χ0) is 19.7. The van der Waals surface area contributed by atoms with Crippen molar-refractivity contribution in [2.24, 2.45) is 5.73 Å². The normalized spacial score (nSPS) is 11.0. The number of aromatic nitrogens is 4. The number of H-pyrrole nitrogens is 1. The number of halogens is 1. The summed E-state index contributed by atoms with van der Waals surface area (Å²) in [6.45, 7) is 0. The number of fused-ring (bicyclic) bond motifs is 1. The second-order valence-electron chi connectivity index (χ2n) is 6.21. The van der Waals surface area contributed by atoms with Gasteiger partial charge in [0.25, 0.3) is 0 Å². The number of nitrogen functional groups attached to an aromatic ring is 1. The molecule has 0 unspecified atom stereocenters. The van der Waals surface area contributed by atoms with Crippen LogP contribution in [-0.4, -0.2) is 25.8 Å². The maximum Gasteiger partial charge on any atom is 0.248 e. The third-order valence-corrected chi connectivity index (χ3v) is 4.69. The first-order chi connectivity index (χ1) is 13.5. The van der Waals surface area contributed by atoms with Gasteiger partial charge in [-0.3, -0.25) is 4.79 Å². The van der Waals surface area contributed by atoms with Crippen LogP contribution in [0.2, 0.25) is 5.15 Å². The van der Waals surface area contributed by atoms with Crippen LogP contribution in [0.5, 0.6) is 0 Å². The highest BCUT2D eigenvalue weighted by Crippen LogP contribution is 2.29. The molecule has 0 aliphatic rings. The first kappa shape index (κ1) is 17.9. The van der Waals surface area contributed by atoms with E-state index in [2.05, 4.69) is 19.9 Å². The van der Waals surface area contributed by atoms with Crippen molar-refractivity contribution in [3.05, 3.63) is 77.3 Å². The number of anilines is 1. The van der Waals surface area contributed by atoms with E-state index in [1.165, 1.54) is 6.33 Å². The SMILES string of the molecule is NC(=O)c1ccccc1C[CH]c1nc(-c2ccc3c(N)ncnc3c2)c(Cl)[nH]1. The number of primary amides is 1. The van der Waals surface area contributed by atoms with Crippen LogP contribution in [0.25, 0.3) is 22.2 Å². The van der Waals surface area contributed by atoms with E-state index in [1.807, 2.05) is 36.8 Å². The zero-order valence-corrected chi connectivity index (χ0v) is 15.4. The van der Waals surface area contributed by atoms with E-state index >= 15 is 0 Å². The van der Waals surface area contributed by atoms with Crippen molar-refractivity contribution in [2.75, 3.05) is 5.73 Å². The molecule has 28 heavy (non-hydrogen) atoms. The second-order valence-corrected chi connectivity index (χ2v) is 6.58. The fourth-order valence-electron chi connectivity index (χ4n) is 3.03. The molecule has 0 saturated heterocycles. The monoisotopic (exact) mass is 391 g/mol. The molecule has 0 aliphatic heterocycles. The highest BCUT2D eigenvalue weighted by Gasteiger charge is 2.14. The summed E-state index contributed by atoms with van der Waals surface area (Å²) in [5, 5.41) is 1.18. The lowest BCUT2D eigenvalue weighted by Crippen LogP contribution is -2.13. The van der Waals surface area contributed by atoms with Crippen LogP contribution < -0.4 is 11.5 Å². The molecular weight excluding hydrogens is 376 g/mol. The molecule has 0 bridgehead atoms. The van der Waals surface area contributed by atoms with E-state index in [0.29, 0.717) is 40.0 Å². The maximum atomic E-state index is 11.6. The van der Waals surface area contributed by atoms with Gasteiger partial charge in [0.2, 0.25) is 5.91 Å². The van der Waals surface area contributed by atoms with Gasteiger partial charge >= 0.3 is 0 Å². The van der Waals surface area contributed by atoms with E-state index in [9.17, 15) is 4.79 Å². The minimum Gasteiger partial charge on any atom is -0.383 e. The number of aromatic amines is 1. The van der Waals surface area contributed by atoms with Gasteiger partial charge in [0.15, 0.2) is 0 Å². The maximum absolute atomic E-state index is 11.6. The number of amides is 1. The Balaban J connectivity index is 1.60. The molecule has 5 N–H and O–H groups in total. The summed E-state index contributed by atoms with van der Waals surface area (Å²) in [4.78, 5) is 27.4. The molecule has 4 aromatic rings. The highest BCUT2D eigenvalue weighted by molar-refractivity contribution is 6.32. The number of carbonyl (C=O) groups excluding carboxylic acids is 1. The summed E-state index contributed by atoms with van der Waals surface area (Å²) in [6.07, 6.45) is 3.77. The minimum absolute atomic E-state index is 0.413. The fourth-order valence-corrected chi connectivity index (χ4v) is 3.28. The lowest BCUT2D eigenvalue weighted by Gasteiger charge is -2.04. The molecule has 4 rings (SSSR count). The molecule has 1 amide bonds. The van der Waals surface area contributed by atoms with Crippen LogP contribution in [0, 0.1) is 6.42 Å². The Bertz CT molecular complexity index is 1190. The molecule has 0 spiro atoms. The van der Waals surface area contributed by atoms with Gasteiger partial charge in [-0.05, 0) is 30.2 Å². The van der Waals surface area contributed by atoms with Crippen molar-refractivity contribution in [1.29, 1.82) is 0 Å². The molecular formula is C20H16ClN6O. The summed E-state index contributed by atoms with van der Waals surface area (Å²) in [7, 11) is 0. The number of nitrogens with two attached hydrogens (primary N) is 2. The number of carbonyl (C=O) groups is 1. The summed E-state index contributed by atoms with van der Waals surface area (Å²) >= 11 is 6.36. The van der Waals surface area contributed by atoms with Gasteiger partial charge < -0.3 is 16.5 Å². The van der Waals surface area contributed by atoms with Gasteiger partial charge in [-0.1, -0.05) is 35.9 Å². The van der Waals surface area contributed by atoms with E-state index in [1.54, 1.807) is 12.1 Å². The van der Waals surface area contributed by atoms with Crippen LogP contribution in [0.15, 0.2) is 48.8 Å². The number of benzene rings is 2. The van der Waals surface area contributed by atoms with Crippen LogP contribution in [0.4, 0.5) is 5.82 Å². The van der Waals surface area contributed by atoms with Crippen molar-refractivity contribution >= 4 is 34.2 Å². The van der Waals surface area contributed by atoms with Crippen molar-refractivity contribution in [3.8, 4) is 11.3 Å². The third-order valence-electron chi connectivity index (χ3n) is 4.42. The molecule has 0 saturated carbocycles. The lowest BCUT2D eigenvalue weighted by atomic mass is 10.0. The number of rotatable bonds is 5. The van der Waals surface area contributed by atoms with Gasteiger partial charge in [0, 0.05) is 22.9 Å². The van der Waals surface area contributed by atoms with Crippen molar-refractivity contribution in [2.45, 2.75) is 6.42 Å². The second kappa shape index (κ2) is 7.28. The van der Waals surface area contributed by atoms with E-state index < -0.39 is 5.91 Å². The molecule has 2 aromatic heterocycles. The molecule has 2 aromatic carbocycles. The minimum atomic E-state index is -0.459. The third kappa shape index (κ3) is 3.39. The number of hydrogen-bond acceptors (Lipinski definition) is 5. The molecule has 1 radical (unpaired) electrons. The van der Waals surface area contributed by atoms with Crippen LogP contribution in [0.1, 0.15) is 21.7 Å². The first-order valence-electron chi connectivity index (χ1n) is 8.50. The highest BCUT2D eigenvalue weighted by atomic mass is 35.5. The summed E-state index contributed by atoms with van der Waals surface area (Å²) < 4.78 is 0. The lowest BCUT2D eigenvalue weighted by molar-refractivity contribution is 0.0999. The average molecular weight is 392 g/mol. The predicted molar refractivity (Wildman–Crippen MR) is 109 cm³/mol. The Labute approximate surface area is 165 Å². The van der Waals surface area contributed by atoms with Crippen LogP contribution >= 0.6 is 11.6 Å². The largest absolute Gasteiger partial charge is 0.383 e. The van der Waals surface area contributed by atoms with Crippen LogP contribution in [0.3, 0.4) is 0 Å². The van der Waals surface area contributed by atoms with E-state index in [4.69, 9.17) is 23.1 Å². The quantitative estimate of drug-likeness (QED) is 0.482. The summed E-state index contributed by atoms with van der Waals surface area (Å²) in [5.74, 6) is 0.563. The Hall–Kier alpha value is -3.45. The number of nitrogens with one attached hydrogen (secondary N) is 1. The topological polar surface area (TPSA) is 124 Å². The summed E-state index contributed by atoms with van der Waals surface area (Å²) in [5.41, 5.74) is 14.7. The van der Waals surface area contributed by atoms with Crippen LogP contribution in [-0.2, 0) is 6.42 Å². The first-order valence-corrected chi connectivity index (χ1v) is 8.88. The van der Waals surface area contributed by atoms with Gasteiger partial charge in [0.05, 0.1) is 5.52 Å². The van der Waals surface area contributed by atoms with E-state index in [-0.39, 0.29) is 0 Å². The fraction of sp³-hybridized carbons (Fsp3) is 0.0500. The Kier molecular flexibility index (Phi) is 4.67. The number of nitrogens with zero attached hydrogens (tertiary/aromatic N) is 3. The van der Waals surface area contributed by atoms with Crippen molar-refractivity contribution < 1.29 is 4.79 Å². The van der Waals surface area contributed by atoms with Gasteiger partial charge in [-0.2, -0.15) is 0 Å². The van der Waals surface area contributed by atoms with Gasteiger partial charge in [0.1, 0.15) is 28.8 Å². The molecule has 7 nitrogen and oxygen atoms in total. The summed E-state index contributed by atoms with van der Waals surface area (Å²) in [6, 6.07) is 12.8. The number of imidazole rings is 1. The van der Waals surface area contributed by atoms with Crippen molar-refractivity contribution in [3.63, 3.8) is 0 Å². The Morgan fingerprint density at radius 1 is 1.18 bits per heavy atom. The van der Waals surface area contributed by atoms with E-state index in [0.717, 1.165) is 16.5 Å². The average Bonchev–Trinajstić information content (AvgIpc) is 3.07. The number of hydrogen-bond donors (Lipinski definition) is 3. The van der Waals surface area contributed by atoms with Gasteiger partial charge in [-0.25, -0.2) is 15.0 Å².